The van der Waals surface area contributed by atoms with E-state index in [0.29, 0.717) is 0 Å². The molecule has 72 valence electrons. The molecular weight excluding hydrogens is 182 g/mol. The van der Waals surface area contributed by atoms with Crippen molar-refractivity contribution in [3.8, 4) is 0 Å². The van der Waals surface area contributed by atoms with Crippen molar-refractivity contribution >= 4 is 11.4 Å². The standard InChI is InChI=1S/C9H9N3O2/c13-12(14)9-4-2-8(3-5-9)11-7-1-6-10-11/h1-6,10H,7H2. The quantitative estimate of drug-likeness (QED) is 0.567. The van der Waals surface area contributed by atoms with Crippen molar-refractivity contribution in [2.75, 3.05) is 11.6 Å². The second kappa shape index (κ2) is 3.37. The molecule has 1 aromatic carbocycles. The van der Waals surface area contributed by atoms with Crippen LogP contribution in [0.1, 0.15) is 0 Å². The zero-order valence-electron chi connectivity index (χ0n) is 7.38. The summed E-state index contributed by atoms with van der Waals surface area (Å²) in [5, 5.41) is 12.3. The normalized spacial score (nSPS) is 14.1. The number of anilines is 1. The molecule has 5 nitrogen and oxygen atoms in total. The largest absolute Gasteiger partial charge is 0.306 e. The molecule has 0 amide bonds. The van der Waals surface area contributed by atoms with Crippen LogP contribution in [0.2, 0.25) is 0 Å². The van der Waals surface area contributed by atoms with Gasteiger partial charge in [-0.25, -0.2) is 0 Å². The number of nitro benzene ring substituents is 1. The van der Waals surface area contributed by atoms with Crippen LogP contribution in [0.3, 0.4) is 0 Å². The van der Waals surface area contributed by atoms with Crippen molar-refractivity contribution in [2.24, 2.45) is 0 Å². The Morgan fingerprint density at radius 2 is 2.07 bits per heavy atom. The first-order valence-corrected chi connectivity index (χ1v) is 4.20. The van der Waals surface area contributed by atoms with Crippen LogP contribution in [0, 0.1) is 10.1 Å². The number of hydrogen-bond donors (Lipinski definition) is 1. The third-order valence-electron chi connectivity index (χ3n) is 2.01. The summed E-state index contributed by atoms with van der Waals surface area (Å²) < 4.78 is 0. The maximum atomic E-state index is 10.4. The van der Waals surface area contributed by atoms with Crippen LogP contribution in [0.15, 0.2) is 36.5 Å². The molecule has 1 aromatic rings. The third kappa shape index (κ3) is 1.52. The topological polar surface area (TPSA) is 58.4 Å². The second-order valence-electron chi connectivity index (χ2n) is 2.92. The molecule has 0 aliphatic carbocycles. The second-order valence-corrected chi connectivity index (χ2v) is 2.92. The maximum absolute atomic E-state index is 10.4. The minimum atomic E-state index is -0.403. The van der Waals surface area contributed by atoms with Crippen LogP contribution in [-0.4, -0.2) is 11.5 Å². The fraction of sp³-hybridized carbons (Fsp3) is 0.111. The molecule has 0 atom stereocenters. The first kappa shape index (κ1) is 8.55. The van der Waals surface area contributed by atoms with Gasteiger partial charge in [0.05, 0.1) is 17.2 Å². The highest BCUT2D eigenvalue weighted by atomic mass is 16.6. The molecule has 0 radical (unpaired) electrons. The molecule has 0 spiro atoms. The van der Waals surface area contributed by atoms with E-state index in [-0.39, 0.29) is 5.69 Å². The number of hydrazine groups is 1. The van der Waals surface area contributed by atoms with E-state index >= 15 is 0 Å². The lowest BCUT2D eigenvalue weighted by Crippen LogP contribution is -2.29. The van der Waals surface area contributed by atoms with E-state index in [9.17, 15) is 10.1 Å². The Balaban J connectivity index is 2.17. The summed E-state index contributed by atoms with van der Waals surface area (Å²) in [7, 11) is 0. The summed E-state index contributed by atoms with van der Waals surface area (Å²) in [4.78, 5) is 9.99. The minimum absolute atomic E-state index is 0.112. The van der Waals surface area contributed by atoms with Gasteiger partial charge < -0.3 is 5.43 Å². The number of hydrogen-bond acceptors (Lipinski definition) is 4. The number of nitrogens with zero attached hydrogens (tertiary/aromatic N) is 2. The van der Waals surface area contributed by atoms with Gasteiger partial charge in [-0.15, -0.1) is 0 Å². The zero-order valence-corrected chi connectivity index (χ0v) is 7.38. The molecule has 14 heavy (non-hydrogen) atoms. The van der Waals surface area contributed by atoms with E-state index in [2.05, 4.69) is 5.43 Å². The summed E-state index contributed by atoms with van der Waals surface area (Å²) in [6.07, 6.45) is 3.81. The van der Waals surface area contributed by atoms with Crippen molar-refractivity contribution in [2.45, 2.75) is 0 Å². The molecule has 1 aliphatic heterocycles. The zero-order chi connectivity index (χ0) is 9.97. The lowest BCUT2D eigenvalue weighted by Gasteiger charge is -2.17. The summed E-state index contributed by atoms with van der Waals surface area (Å²) >= 11 is 0. The molecule has 2 rings (SSSR count). The van der Waals surface area contributed by atoms with Gasteiger partial charge in [0.25, 0.3) is 5.69 Å². The Labute approximate surface area is 80.8 Å². The smallest absolute Gasteiger partial charge is 0.269 e. The van der Waals surface area contributed by atoms with E-state index in [1.165, 1.54) is 12.1 Å². The van der Waals surface area contributed by atoms with Gasteiger partial charge >= 0.3 is 0 Å². The number of nitrogens with one attached hydrogen (secondary N) is 1. The summed E-state index contributed by atoms with van der Waals surface area (Å²) in [6, 6.07) is 6.43. The maximum Gasteiger partial charge on any atom is 0.269 e. The molecule has 0 saturated carbocycles. The molecule has 0 unspecified atom stereocenters. The molecule has 0 fully saturated rings. The Kier molecular flexibility index (Phi) is 2.06. The van der Waals surface area contributed by atoms with Crippen molar-refractivity contribution < 1.29 is 4.92 Å². The van der Waals surface area contributed by atoms with Crippen molar-refractivity contribution in [3.63, 3.8) is 0 Å². The van der Waals surface area contributed by atoms with E-state index < -0.39 is 4.92 Å². The predicted molar refractivity (Wildman–Crippen MR) is 52.7 cm³/mol. The SMILES string of the molecule is O=[N+]([O-])c1ccc(N2CC=CN2)cc1. The van der Waals surface area contributed by atoms with Crippen LogP contribution >= 0.6 is 0 Å². The lowest BCUT2D eigenvalue weighted by atomic mass is 10.3. The van der Waals surface area contributed by atoms with Crippen LogP contribution in [-0.2, 0) is 0 Å². The molecule has 0 bridgehead atoms. The van der Waals surface area contributed by atoms with Gasteiger partial charge in [-0.3, -0.25) is 15.1 Å². The first-order chi connectivity index (χ1) is 6.77. The Morgan fingerprint density at radius 3 is 2.57 bits per heavy atom. The molecule has 0 saturated heterocycles. The average Bonchev–Trinajstić information content (AvgIpc) is 2.71. The highest BCUT2D eigenvalue weighted by molar-refractivity contribution is 5.51. The molecule has 1 N–H and O–H groups in total. The Hall–Kier alpha value is -2.04. The lowest BCUT2D eigenvalue weighted by molar-refractivity contribution is -0.384. The summed E-state index contributed by atoms with van der Waals surface area (Å²) in [5.74, 6) is 0. The van der Waals surface area contributed by atoms with Crippen molar-refractivity contribution in [3.05, 3.63) is 46.7 Å². The fourth-order valence-corrected chi connectivity index (χ4v) is 1.29. The van der Waals surface area contributed by atoms with Crippen molar-refractivity contribution in [1.29, 1.82) is 0 Å². The number of nitro groups is 1. The van der Waals surface area contributed by atoms with Gasteiger partial charge in [-0.2, -0.15) is 0 Å². The van der Waals surface area contributed by atoms with Gasteiger partial charge in [0.15, 0.2) is 0 Å². The fourth-order valence-electron chi connectivity index (χ4n) is 1.29. The van der Waals surface area contributed by atoms with Gasteiger partial charge in [0.2, 0.25) is 0 Å². The summed E-state index contributed by atoms with van der Waals surface area (Å²) in [5.41, 5.74) is 4.03. The number of benzene rings is 1. The predicted octanol–water partition coefficient (Wildman–Crippen LogP) is 1.43. The minimum Gasteiger partial charge on any atom is -0.306 e. The van der Waals surface area contributed by atoms with Gasteiger partial charge in [0, 0.05) is 18.3 Å². The molecule has 0 aromatic heterocycles. The van der Waals surface area contributed by atoms with E-state index in [4.69, 9.17) is 0 Å². The highest BCUT2D eigenvalue weighted by Crippen LogP contribution is 2.18. The third-order valence-corrected chi connectivity index (χ3v) is 2.01. The molecule has 5 heteroatoms. The Morgan fingerprint density at radius 1 is 1.36 bits per heavy atom. The number of non-ortho nitro benzene ring substituents is 1. The molecule has 1 heterocycles. The van der Waals surface area contributed by atoms with Gasteiger partial charge in [-0.05, 0) is 18.2 Å². The van der Waals surface area contributed by atoms with Crippen LogP contribution in [0.4, 0.5) is 11.4 Å². The van der Waals surface area contributed by atoms with Crippen molar-refractivity contribution in [1.82, 2.24) is 5.43 Å². The van der Waals surface area contributed by atoms with E-state index in [0.717, 1.165) is 12.2 Å². The molecule has 1 aliphatic rings. The van der Waals surface area contributed by atoms with Gasteiger partial charge in [-0.1, -0.05) is 0 Å². The van der Waals surface area contributed by atoms with Crippen LogP contribution in [0.5, 0.6) is 0 Å². The average molecular weight is 191 g/mol. The van der Waals surface area contributed by atoms with E-state index in [1.54, 1.807) is 12.1 Å². The summed E-state index contributed by atoms with van der Waals surface area (Å²) in [6.45, 7) is 0.776. The highest BCUT2D eigenvalue weighted by Gasteiger charge is 2.09. The monoisotopic (exact) mass is 191 g/mol. The first-order valence-electron chi connectivity index (χ1n) is 4.20. The van der Waals surface area contributed by atoms with Crippen LogP contribution in [0.25, 0.3) is 0 Å². The van der Waals surface area contributed by atoms with Gasteiger partial charge in [0.1, 0.15) is 0 Å². The van der Waals surface area contributed by atoms with E-state index in [1.807, 2.05) is 17.3 Å². The van der Waals surface area contributed by atoms with Crippen LogP contribution < -0.4 is 10.4 Å². The number of rotatable bonds is 2. The Bertz CT molecular complexity index is 364. The molecular formula is C9H9N3O2.